The van der Waals surface area contributed by atoms with Crippen molar-refractivity contribution >= 4 is 21.6 Å². The van der Waals surface area contributed by atoms with Gasteiger partial charge in [0, 0.05) is 23.8 Å². The molecule has 1 aromatic heterocycles. The highest BCUT2D eigenvalue weighted by Gasteiger charge is 2.30. The third-order valence-electron chi connectivity index (χ3n) is 3.53. The normalized spacial score (nSPS) is 22.6. The molecule has 3 nitrogen and oxygen atoms in total. The van der Waals surface area contributed by atoms with Gasteiger partial charge >= 0.3 is 0 Å². The second-order valence-corrected chi connectivity index (χ2v) is 5.88. The van der Waals surface area contributed by atoms with Crippen LogP contribution in [0.15, 0.2) is 41.1 Å². The monoisotopic (exact) mass is 305 g/mol. The van der Waals surface area contributed by atoms with E-state index in [4.69, 9.17) is 0 Å². The molecule has 0 spiro atoms. The Morgan fingerprint density at radius 3 is 2.89 bits per heavy atom. The zero-order valence-electron chi connectivity index (χ0n) is 10.3. The topological polar surface area (TPSA) is 29.9 Å². The summed E-state index contributed by atoms with van der Waals surface area (Å²) >= 11 is 3.53. The van der Waals surface area contributed by atoms with Crippen LogP contribution in [-0.4, -0.2) is 15.8 Å². The first-order valence-corrected chi connectivity index (χ1v) is 7.00. The van der Waals surface area contributed by atoms with Crippen LogP contribution >= 0.6 is 15.9 Å². The van der Waals surface area contributed by atoms with Gasteiger partial charge in [0.2, 0.25) is 0 Å². The van der Waals surface area contributed by atoms with E-state index in [2.05, 4.69) is 50.6 Å². The fourth-order valence-corrected chi connectivity index (χ4v) is 2.92. The van der Waals surface area contributed by atoms with Crippen LogP contribution in [0.4, 0.5) is 5.69 Å². The number of nitrogens with one attached hydrogen (secondary N) is 1. The third kappa shape index (κ3) is 2.43. The zero-order chi connectivity index (χ0) is 12.5. The van der Waals surface area contributed by atoms with Crippen LogP contribution in [0.2, 0.25) is 0 Å². The molecule has 1 aromatic carbocycles. The molecule has 1 N–H and O–H groups in total. The lowest BCUT2D eigenvalue weighted by atomic mass is 9.76. The Bertz CT molecular complexity index is 543. The Morgan fingerprint density at radius 1 is 1.39 bits per heavy atom. The van der Waals surface area contributed by atoms with Crippen LogP contribution in [0, 0.1) is 0 Å². The minimum absolute atomic E-state index is 0.582. The number of aromatic nitrogens is 2. The van der Waals surface area contributed by atoms with Gasteiger partial charge in [0.25, 0.3) is 0 Å². The van der Waals surface area contributed by atoms with Crippen molar-refractivity contribution in [2.24, 2.45) is 7.05 Å². The highest BCUT2D eigenvalue weighted by atomic mass is 79.9. The molecule has 0 bridgehead atoms. The molecule has 0 saturated heterocycles. The summed E-state index contributed by atoms with van der Waals surface area (Å²) in [6, 6.07) is 9.22. The second-order valence-electron chi connectivity index (χ2n) is 4.97. The van der Waals surface area contributed by atoms with Crippen LogP contribution in [0.25, 0.3) is 0 Å². The quantitative estimate of drug-likeness (QED) is 0.940. The second kappa shape index (κ2) is 4.76. The molecule has 4 heteroatoms. The van der Waals surface area contributed by atoms with Gasteiger partial charge in [0.05, 0.1) is 11.9 Å². The van der Waals surface area contributed by atoms with Crippen molar-refractivity contribution in [2.75, 3.05) is 5.32 Å². The summed E-state index contributed by atoms with van der Waals surface area (Å²) in [5.41, 5.74) is 2.56. The number of nitrogens with zero attached hydrogens (tertiary/aromatic N) is 2. The van der Waals surface area contributed by atoms with Gasteiger partial charge in [-0.1, -0.05) is 28.1 Å². The summed E-state index contributed by atoms with van der Waals surface area (Å²) in [6.07, 6.45) is 6.30. The smallest absolute Gasteiger partial charge is 0.0728 e. The van der Waals surface area contributed by atoms with Crippen LogP contribution < -0.4 is 5.32 Å². The van der Waals surface area contributed by atoms with Crippen molar-refractivity contribution in [1.82, 2.24) is 9.78 Å². The summed E-state index contributed by atoms with van der Waals surface area (Å²) in [6.45, 7) is 0. The predicted molar refractivity (Wildman–Crippen MR) is 76.7 cm³/mol. The lowest BCUT2D eigenvalue weighted by Crippen LogP contribution is -2.33. The van der Waals surface area contributed by atoms with E-state index in [1.165, 1.54) is 22.9 Å². The van der Waals surface area contributed by atoms with Crippen molar-refractivity contribution in [1.29, 1.82) is 0 Å². The van der Waals surface area contributed by atoms with E-state index in [9.17, 15) is 0 Å². The van der Waals surface area contributed by atoms with Gasteiger partial charge in [-0.3, -0.25) is 4.68 Å². The van der Waals surface area contributed by atoms with Crippen molar-refractivity contribution in [2.45, 2.75) is 24.8 Å². The number of rotatable bonds is 3. The van der Waals surface area contributed by atoms with E-state index >= 15 is 0 Å². The summed E-state index contributed by atoms with van der Waals surface area (Å²) in [5.74, 6) is 0.691. The van der Waals surface area contributed by atoms with E-state index in [1.54, 1.807) is 0 Å². The van der Waals surface area contributed by atoms with E-state index < -0.39 is 0 Å². The standard InChI is InChI=1S/C14H16BrN3/c1-18-9-14(8-16-18)17-13-6-11(7-13)10-3-2-4-12(15)5-10/h2-5,8-9,11,13,17H,6-7H2,1H3. The van der Waals surface area contributed by atoms with Crippen molar-refractivity contribution in [3.8, 4) is 0 Å². The molecule has 3 rings (SSSR count). The molecular weight excluding hydrogens is 290 g/mol. The molecule has 1 aliphatic carbocycles. The maximum atomic E-state index is 4.16. The zero-order valence-corrected chi connectivity index (χ0v) is 11.9. The van der Waals surface area contributed by atoms with Crippen LogP contribution in [-0.2, 0) is 7.05 Å². The van der Waals surface area contributed by atoms with E-state index in [0.717, 1.165) is 5.69 Å². The molecule has 2 aromatic rings. The molecular formula is C14H16BrN3. The molecule has 94 valence electrons. The van der Waals surface area contributed by atoms with Crippen LogP contribution in [0.1, 0.15) is 24.3 Å². The Kier molecular flexibility index (Phi) is 3.12. The Hall–Kier alpha value is -1.29. The lowest BCUT2D eigenvalue weighted by molar-refractivity contribution is 0.374. The fourth-order valence-electron chi connectivity index (χ4n) is 2.50. The Labute approximate surface area is 115 Å². The molecule has 1 aliphatic rings. The van der Waals surface area contributed by atoms with Gasteiger partial charge in [-0.15, -0.1) is 0 Å². The lowest BCUT2D eigenvalue weighted by Gasteiger charge is -2.36. The molecule has 1 heterocycles. The molecule has 0 radical (unpaired) electrons. The molecule has 1 fully saturated rings. The molecule has 0 amide bonds. The number of aryl methyl sites for hydroxylation is 1. The first kappa shape index (κ1) is 11.8. The van der Waals surface area contributed by atoms with E-state index in [1.807, 2.05) is 24.1 Å². The molecule has 1 saturated carbocycles. The van der Waals surface area contributed by atoms with Crippen LogP contribution in [0.3, 0.4) is 0 Å². The number of halogens is 1. The van der Waals surface area contributed by atoms with Gasteiger partial charge in [0.1, 0.15) is 0 Å². The minimum atomic E-state index is 0.582. The van der Waals surface area contributed by atoms with Crippen molar-refractivity contribution in [3.63, 3.8) is 0 Å². The maximum Gasteiger partial charge on any atom is 0.0728 e. The van der Waals surface area contributed by atoms with Gasteiger partial charge in [0.15, 0.2) is 0 Å². The highest BCUT2D eigenvalue weighted by molar-refractivity contribution is 9.10. The maximum absolute atomic E-state index is 4.16. The van der Waals surface area contributed by atoms with Crippen LogP contribution in [0.5, 0.6) is 0 Å². The van der Waals surface area contributed by atoms with E-state index in [-0.39, 0.29) is 0 Å². The number of benzene rings is 1. The number of hydrogen-bond acceptors (Lipinski definition) is 2. The van der Waals surface area contributed by atoms with Gasteiger partial charge in [-0.2, -0.15) is 5.10 Å². The molecule has 0 aliphatic heterocycles. The summed E-state index contributed by atoms with van der Waals surface area (Å²) in [5, 5.41) is 7.68. The SMILES string of the molecule is Cn1cc(NC2CC(c3cccc(Br)c3)C2)cn1. The summed E-state index contributed by atoms with van der Waals surface area (Å²) < 4.78 is 3.00. The average Bonchev–Trinajstić information content (AvgIpc) is 2.69. The molecule has 0 unspecified atom stereocenters. The average molecular weight is 306 g/mol. The fraction of sp³-hybridized carbons (Fsp3) is 0.357. The summed E-state index contributed by atoms with van der Waals surface area (Å²) in [4.78, 5) is 0. The van der Waals surface area contributed by atoms with Crippen molar-refractivity contribution < 1.29 is 0 Å². The first-order chi connectivity index (χ1) is 8.70. The van der Waals surface area contributed by atoms with Gasteiger partial charge in [-0.25, -0.2) is 0 Å². The van der Waals surface area contributed by atoms with Crippen molar-refractivity contribution in [3.05, 3.63) is 46.7 Å². The van der Waals surface area contributed by atoms with Gasteiger partial charge in [-0.05, 0) is 36.5 Å². The Morgan fingerprint density at radius 2 is 2.22 bits per heavy atom. The van der Waals surface area contributed by atoms with E-state index in [0.29, 0.717) is 12.0 Å². The number of hydrogen-bond donors (Lipinski definition) is 1. The first-order valence-electron chi connectivity index (χ1n) is 6.21. The molecule has 0 atom stereocenters. The summed E-state index contributed by atoms with van der Waals surface area (Å²) in [7, 11) is 1.94. The molecule has 18 heavy (non-hydrogen) atoms. The largest absolute Gasteiger partial charge is 0.380 e. The Balaban J connectivity index is 1.57. The number of anilines is 1. The van der Waals surface area contributed by atoms with Gasteiger partial charge < -0.3 is 5.32 Å². The minimum Gasteiger partial charge on any atom is -0.380 e. The predicted octanol–water partition coefficient (Wildman–Crippen LogP) is 3.54. The third-order valence-corrected chi connectivity index (χ3v) is 4.03. The highest BCUT2D eigenvalue weighted by Crippen LogP contribution is 2.39.